The molecule has 0 radical (unpaired) electrons. The molecule has 0 fully saturated rings. The van der Waals surface area contributed by atoms with Crippen LogP contribution in [0.5, 0.6) is 0 Å². The fraction of sp³-hybridized carbons (Fsp3) is 0.0909. The van der Waals surface area contributed by atoms with Gasteiger partial charge in [0, 0.05) is 0 Å². The Labute approximate surface area is 78.2 Å². The van der Waals surface area contributed by atoms with Crippen LogP contribution >= 0.6 is 0 Å². The SMILES string of the molecule is [2H]N=NCc1ccc2ccccc2c1. The second-order valence-corrected chi connectivity index (χ2v) is 2.98. The van der Waals surface area contributed by atoms with Gasteiger partial charge in [0.1, 0.15) is 0 Å². The summed E-state index contributed by atoms with van der Waals surface area (Å²) in [6.07, 6.45) is 0. The smallest absolute Gasteiger partial charge is 0.210 e. The zero-order valence-electron chi connectivity index (χ0n) is 8.14. The number of hydrogen-bond acceptors (Lipinski definition) is 2. The molecule has 0 aromatic heterocycles. The molecule has 0 aliphatic carbocycles. The Bertz CT molecular complexity index is 466. The van der Waals surface area contributed by atoms with E-state index in [1.165, 1.54) is 10.8 Å². The molecular formula is C11H10N2. The summed E-state index contributed by atoms with van der Waals surface area (Å²) in [6, 6.07) is 14.3. The van der Waals surface area contributed by atoms with Crippen LogP contribution in [-0.2, 0) is 6.54 Å². The van der Waals surface area contributed by atoms with Crippen molar-refractivity contribution in [1.82, 2.24) is 0 Å². The van der Waals surface area contributed by atoms with E-state index in [0.717, 1.165) is 5.56 Å². The van der Waals surface area contributed by atoms with Crippen LogP contribution in [0, 0.1) is 5.52 Å². The molecule has 2 heteroatoms. The molecule has 0 aliphatic rings. The van der Waals surface area contributed by atoms with E-state index in [-0.39, 0.29) is 0 Å². The van der Waals surface area contributed by atoms with Gasteiger partial charge in [-0.15, -0.1) is 0 Å². The van der Waals surface area contributed by atoms with Crippen molar-refractivity contribution in [3.05, 3.63) is 48.0 Å². The average molecular weight is 171 g/mol. The van der Waals surface area contributed by atoms with Gasteiger partial charge in [0.25, 0.3) is 0 Å². The van der Waals surface area contributed by atoms with Crippen molar-refractivity contribution in [2.45, 2.75) is 6.54 Å². The molecule has 0 spiro atoms. The zero-order valence-corrected chi connectivity index (χ0v) is 7.14. The lowest BCUT2D eigenvalue weighted by molar-refractivity contribution is 0.909. The maximum Gasteiger partial charge on any atom is 0.213 e. The van der Waals surface area contributed by atoms with Gasteiger partial charge in [-0.3, -0.25) is 0 Å². The highest BCUT2D eigenvalue weighted by Gasteiger charge is 1.94. The highest BCUT2D eigenvalue weighted by atomic mass is 14.9. The van der Waals surface area contributed by atoms with Crippen LogP contribution in [0.3, 0.4) is 0 Å². The summed E-state index contributed by atoms with van der Waals surface area (Å²) in [5.74, 6) is 0. The summed E-state index contributed by atoms with van der Waals surface area (Å²) in [5.41, 5.74) is 4.07. The third-order valence-electron chi connectivity index (χ3n) is 2.07. The van der Waals surface area contributed by atoms with E-state index in [9.17, 15) is 0 Å². The van der Waals surface area contributed by atoms with Crippen molar-refractivity contribution in [1.29, 1.82) is 5.52 Å². The van der Waals surface area contributed by atoms with E-state index in [1.54, 1.807) is 0 Å². The monoisotopic (exact) mass is 171 g/mol. The number of nitrogens with one attached hydrogen (secondary N) is 1. The summed E-state index contributed by atoms with van der Waals surface area (Å²) in [7, 11) is 0. The third kappa shape index (κ3) is 1.56. The first kappa shape index (κ1) is 6.78. The van der Waals surface area contributed by atoms with Gasteiger partial charge >= 0.3 is 0 Å². The Kier molecular flexibility index (Phi) is 1.75. The van der Waals surface area contributed by atoms with Crippen molar-refractivity contribution in [2.24, 2.45) is 5.11 Å². The van der Waals surface area contributed by atoms with Gasteiger partial charge in [-0.25, -0.2) is 5.52 Å². The standard InChI is InChI=1S/C11H10N2/c12-13-8-9-5-6-10-3-1-2-4-11(10)7-9/h1-7,12H,8H2/i/hD. The molecule has 0 amide bonds. The summed E-state index contributed by atoms with van der Waals surface area (Å²) in [5, 5.41) is 6.06. The van der Waals surface area contributed by atoms with Crippen molar-refractivity contribution < 1.29 is 1.41 Å². The molecule has 0 aliphatic heterocycles. The quantitative estimate of drug-likeness (QED) is 0.672. The molecule has 2 aromatic rings. The molecule has 0 atom stereocenters. The molecule has 0 heterocycles. The van der Waals surface area contributed by atoms with Gasteiger partial charge in [-0.1, -0.05) is 36.4 Å². The van der Waals surface area contributed by atoms with Crippen LogP contribution in [0.25, 0.3) is 10.8 Å². The molecule has 64 valence electrons. The Balaban J connectivity index is 2.41. The van der Waals surface area contributed by atoms with Crippen LogP contribution in [0.15, 0.2) is 47.6 Å². The van der Waals surface area contributed by atoms with Crippen LogP contribution in [0.1, 0.15) is 5.56 Å². The first-order chi connectivity index (χ1) is 6.90. The average Bonchev–Trinajstić information content (AvgIpc) is 2.26. The Morgan fingerprint density at radius 2 is 2.00 bits per heavy atom. The lowest BCUT2D eigenvalue weighted by atomic mass is 10.1. The number of hydrogen-bond donors (Lipinski definition) is 1. The van der Waals surface area contributed by atoms with Crippen LogP contribution in [0.4, 0.5) is 0 Å². The highest BCUT2D eigenvalue weighted by Crippen LogP contribution is 2.15. The largest absolute Gasteiger partial charge is 0.213 e. The van der Waals surface area contributed by atoms with E-state index in [4.69, 9.17) is 1.41 Å². The van der Waals surface area contributed by atoms with E-state index in [2.05, 4.69) is 34.9 Å². The Hall–Kier alpha value is -1.70. The molecule has 0 unspecified atom stereocenters. The fourth-order valence-corrected chi connectivity index (χ4v) is 1.42. The predicted molar refractivity (Wildman–Crippen MR) is 52.8 cm³/mol. The number of fused-ring (bicyclic) bond motifs is 1. The lowest BCUT2D eigenvalue weighted by Crippen LogP contribution is -1.80. The normalized spacial score (nSPS) is 12.2. The lowest BCUT2D eigenvalue weighted by Gasteiger charge is -1.99. The molecular weight excluding hydrogens is 160 g/mol. The molecule has 13 heavy (non-hydrogen) atoms. The number of rotatable bonds is 2. The first-order valence-electron chi connectivity index (χ1n) is 4.63. The predicted octanol–water partition coefficient (Wildman–Crippen LogP) is 3.37. The van der Waals surface area contributed by atoms with Crippen LogP contribution in [0.2, 0.25) is 1.41 Å². The van der Waals surface area contributed by atoms with Crippen molar-refractivity contribution in [3.8, 4) is 0 Å². The van der Waals surface area contributed by atoms with Crippen molar-refractivity contribution in [2.75, 3.05) is 0 Å². The van der Waals surface area contributed by atoms with Crippen LogP contribution in [-0.4, -0.2) is 0 Å². The van der Waals surface area contributed by atoms with Gasteiger partial charge in [0.2, 0.25) is 1.41 Å². The molecule has 0 saturated carbocycles. The van der Waals surface area contributed by atoms with Crippen molar-refractivity contribution >= 4 is 10.8 Å². The summed E-state index contributed by atoms with van der Waals surface area (Å²) in [6.45, 7) is 0.480. The Morgan fingerprint density at radius 1 is 1.15 bits per heavy atom. The maximum atomic E-state index is 6.57. The summed E-state index contributed by atoms with van der Waals surface area (Å²) in [4.78, 5) is 0. The molecule has 2 nitrogen and oxygen atoms in total. The summed E-state index contributed by atoms with van der Waals surface area (Å²) < 4.78 is 6.57. The van der Waals surface area contributed by atoms with E-state index < -0.39 is 0 Å². The van der Waals surface area contributed by atoms with E-state index >= 15 is 0 Å². The van der Waals surface area contributed by atoms with Gasteiger partial charge < -0.3 is 0 Å². The fourth-order valence-electron chi connectivity index (χ4n) is 1.42. The molecule has 0 saturated heterocycles. The minimum absolute atomic E-state index is 0.480. The van der Waals surface area contributed by atoms with Crippen LogP contribution < -0.4 is 0 Å². The van der Waals surface area contributed by atoms with Gasteiger partial charge in [-0.2, -0.15) is 5.11 Å². The van der Waals surface area contributed by atoms with E-state index in [0.29, 0.717) is 6.54 Å². The first-order valence-corrected chi connectivity index (χ1v) is 4.19. The second kappa shape index (κ2) is 3.35. The van der Waals surface area contributed by atoms with Gasteiger partial charge in [0.05, 0.1) is 6.54 Å². The number of benzene rings is 2. The second-order valence-electron chi connectivity index (χ2n) is 2.98. The maximum absolute atomic E-state index is 6.57. The Morgan fingerprint density at radius 3 is 2.85 bits per heavy atom. The van der Waals surface area contributed by atoms with Gasteiger partial charge in [-0.05, 0) is 22.4 Å². The third-order valence-corrected chi connectivity index (χ3v) is 2.07. The van der Waals surface area contributed by atoms with E-state index in [1.807, 2.05) is 18.2 Å². The molecule has 0 bridgehead atoms. The highest BCUT2D eigenvalue weighted by molar-refractivity contribution is 5.82. The minimum atomic E-state index is 0.480. The van der Waals surface area contributed by atoms with Crippen molar-refractivity contribution in [3.63, 3.8) is 0 Å². The summed E-state index contributed by atoms with van der Waals surface area (Å²) >= 11 is 0. The molecule has 1 N–H and O–H groups in total. The minimum Gasteiger partial charge on any atom is -0.210 e. The molecule has 2 rings (SSSR count). The topological polar surface area (TPSA) is 36.2 Å². The number of nitrogens with zero attached hydrogens (tertiary/aromatic N) is 1. The van der Waals surface area contributed by atoms with Gasteiger partial charge in [0.15, 0.2) is 0 Å². The zero-order chi connectivity index (χ0) is 9.80. The molecule has 2 aromatic carbocycles.